The standard InChI is InChI=1S/C23H25IN8O2/c1-13(32-22-19(20(24)28-32)21(25)26-12-27-22)17-6-16-4-2-3-5-31(16)18(17)11-29-7-14-9-30(23(33)34)10-15(14)8-29/h2-6,12-15H,7-11H2,1H3,(H,33,34)(H2,25,26,27)/t13?,14-,15+. The van der Waals surface area contributed by atoms with Crippen molar-refractivity contribution in [2.75, 3.05) is 31.9 Å². The van der Waals surface area contributed by atoms with Crippen LogP contribution in [-0.2, 0) is 6.54 Å². The third-order valence-electron chi connectivity index (χ3n) is 7.32. The number of nitrogen functional groups attached to an aromatic ring is 1. The zero-order valence-electron chi connectivity index (χ0n) is 18.7. The van der Waals surface area contributed by atoms with Gasteiger partial charge in [0.05, 0.1) is 11.4 Å². The van der Waals surface area contributed by atoms with Crippen molar-refractivity contribution in [3.63, 3.8) is 0 Å². The number of likely N-dealkylation sites (tertiary alicyclic amines) is 2. The van der Waals surface area contributed by atoms with Crippen LogP contribution in [0.25, 0.3) is 16.6 Å². The van der Waals surface area contributed by atoms with Crippen LogP contribution < -0.4 is 5.73 Å². The van der Waals surface area contributed by atoms with Crippen molar-refractivity contribution in [2.24, 2.45) is 11.8 Å². The Bertz CT molecular complexity index is 1400. The number of nitrogens with zero attached hydrogens (tertiary/aromatic N) is 7. The zero-order valence-corrected chi connectivity index (χ0v) is 20.8. The minimum atomic E-state index is -0.805. The van der Waals surface area contributed by atoms with Gasteiger partial charge in [-0.15, -0.1) is 0 Å². The second kappa shape index (κ2) is 8.08. The van der Waals surface area contributed by atoms with Gasteiger partial charge < -0.3 is 20.1 Å². The van der Waals surface area contributed by atoms with Crippen molar-refractivity contribution in [2.45, 2.75) is 19.5 Å². The lowest BCUT2D eigenvalue weighted by Gasteiger charge is -2.22. The molecule has 2 aliphatic heterocycles. The number of hydrogen-bond acceptors (Lipinski definition) is 6. The summed E-state index contributed by atoms with van der Waals surface area (Å²) in [6.07, 6.45) is 2.79. The van der Waals surface area contributed by atoms with Gasteiger partial charge in [-0.05, 0) is 65.1 Å². The first kappa shape index (κ1) is 21.6. The number of pyridine rings is 1. The first-order chi connectivity index (χ1) is 16.4. The topological polar surface area (TPSA) is 118 Å². The number of rotatable bonds is 4. The predicted octanol–water partition coefficient (Wildman–Crippen LogP) is 2.92. The van der Waals surface area contributed by atoms with E-state index in [4.69, 9.17) is 10.8 Å². The molecule has 0 aliphatic carbocycles. The van der Waals surface area contributed by atoms with E-state index in [2.05, 4.69) is 79.2 Å². The van der Waals surface area contributed by atoms with Crippen LogP contribution in [0.5, 0.6) is 0 Å². The van der Waals surface area contributed by atoms with Crippen LogP contribution in [0.4, 0.5) is 10.6 Å². The molecule has 0 radical (unpaired) electrons. The highest BCUT2D eigenvalue weighted by Gasteiger charge is 2.42. The predicted molar refractivity (Wildman–Crippen MR) is 136 cm³/mol. The van der Waals surface area contributed by atoms with Gasteiger partial charge in [0.15, 0.2) is 5.65 Å². The highest BCUT2D eigenvalue weighted by molar-refractivity contribution is 14.1. The van der Waals surface area contributed by atoms with Crippen molar-refractivity contribution in [3.05, 3.63) is 51.7 Å². The number of amides is 1. The Morgan fingerprint density at radius 3 is 2.74 bits per heavy atom. The fraction of sp³-hybridized carbons (Fsp3) is 0.391. The first-order valence-electron chi connectivity index (χ1n) is 11.3. The number of aromatic nitrogens is 5. The third kappa shape index (κ3) is 3.40. The van der Waals surface area contributed by atoms with E-state index in [1.807, 2.05) is 4.68 Å². The molecule has 6 heterocycles. The lowest BCUT2D eigenvalue weighted by molar-refractivity contribution is 0.148. The van der Waals surface area contributed by atoms with Gasteiger partial charge in [0.2, 0.25) is 0 Å². The van der Waals surface area contributed by atoms with Crippen LogP contribution in [-0.4, -0.2) is 71.3 Å². The summed E-state index contributed by atoms with van der Waals surface area (Å²) in [5, 5.41) is 14.9. The molecule has 4 aromatic heterocycles. The molecule has 3 N–H and O–H groups in total. The molecule has 1 unspecified atom stereocenters. The molecule has 2 aliphatic rings. The van der Waals surface area contributed by atoms with E-state index < -0.39 is 6.09 Å². The SMILES string of the molecule is CC(c1cc2ccccn2c1CN1C[C@@H]2CN(C(=O)O)C[C@@H]2C1)n1nc(I)c2c(N)ncnc21. The average molecular weight is 572 g/mol. The lowest BCUT2D eigenvalue weighted by atomic mass is 10.0. The molecule has 2 fully saturated rings. The highest BCUT2D eigenvalue weighted by Crippen LogP contribution is 2.35. The normalized spacial score (nSPS) is 21.5. The molecular weight excluding hydrogens is 547 g/mol. The van der Waals surface area contributed by atoms with Gasteiger partial charge in [0, 0.05) is 50.1 Å². The summed E-state index contributed by atoms with van der Waals surface area (Å²) in [5.74, 6) is 1.24. The maximum Gasteiger partial charge on any atom is 0.407 e. The van der Waals surface area contributed by atoms with Crippen LogP contribution >= 0.6 is 22.6 Å². The largest absolute Gasteiger partial charge is 0.465 e. The van der Waals surface area contributed by atoms with Crippen LogP contribution in [0.15, 0.2) is 36.8 Å². The fourth-order valence-corrected chi connectivity index (χ4v) is 6.42. The van der Waals surface area contributed by atoms with Crippen molar-refractivity contribution >= 4 is 51.1 Å². The minimum Gasteiger partial charge on any atom is -0.465 e. The second-order valence-electron chi connectivity index (χ2n) is 9.31. The summed E-state index contributed by atoms with van der Waals surface area (Å²) in [6, 6.07) is 8.39. The maximum absolute atomic E-state index is 11.4. The van der Waals surface area contributed by atoms with E-state index in [-0.39, 0.29) is 6.04 Å². The molecule has 2 saturated heterocycles. The number of nitrogens with two attached hydrogens (primary N) is 1. The second-order valence-corrected chi connectivity index (χ2v) is 10.3. The van der Waals surface area contributed by atoms with E-state index in [9.17, 15) is 9.90 Å². The van der Waals surface area contributed by atoms with E-state index >= 15 is 0 Å². The first-order valence-corrected chi connectivity index (χ1v) is 12.4. The molecule has 176 valence electrons. The van der Waals surface area contributed by atoms with Crippen LogP contribution in [0, 0.1) is 15.5 Å². The molecule has 0 saturated carbocycles. The van der Waals surface area contributed by atoms with Gasteiger partial charge in [-0.3, -0.25) is 4.90 Å². The summed E-state index contributed by atoms with van der Waals surface area (Å²) < 4.78 is 4.98. The number of hydrogen-bond donors (Lipinski definition) is 2. The molecule has 0 aromatic carbocycles. The van der Waals surface area contributed by atoms with Crippen LogP contribution in [0.1, 0.15) is 24.2 Å². The number of fused-ring (bicyclic) bond motifs is 3. The molecule has 1 amide bonds. The molecule has 4 aromatic rings. The number of carbonyl (C=O) groups is 1. The van der Waals surface area contributed by atoms with E-state index in [0.717, 1.165) is 39.9 Å². The van der Waals surface area contributed by atoms with Gasteiger partial charge >= 0.3 is 6.09 Å². The Balaban J connectivity index is 1.35. The van der Waals surface area contributed by atoms with E-state index in [1.54, 1.807) is 4.90 Å². The summed E-state index contributed by atoms with van der Waals surface area (Å²) in [5.41, 5.74) is 10.4. The monoisotopic (exact) mass is 572 g/mol. The molecule has 34 heavy (non-hydrogen) atoms. The van der Waals surface area contributed by atoms with Crippen molar-refractivity contribution in [3.8, 4) is 0 Å². The number of halogens is 1. The molecular formula is C23H25IN8O2. The maximum atomic E-state index is 11.4. The number of anilines is 1. The summed E-state index contributed by atoms with van der Waals surface area (Å²) >= 11 is 2.19. The third-order valence-corrected chi connectivity index (χ3v) is 8.07. The number of carboxylic acid groups (broad SMARTS) is 1. The summed E-state index contributed by atoms with van der Waals surface area (Å²) in [4.78, 5) is 24.0. The molecule has 0 spiro atoms. The van der Waals surface area contributed by atoms with E-state index in [0.29, 0.717) is 30.7 Å². The average Bonchev–Trinajstić information content (AvgIpc) is 3.55. The Hall–Kier alpha value is -2.93. The van der Waals surface area contributed by atoms with Crippen molar-refractivity contribution in [1.82, 2.24) is 33.9 Å². The lowest BCUT2D eigenvalue weighted by Crippen LogP contribution is -2.32. The molecule has 10 nitrogen and oxygen atoms in total. The van der Waals surface area contributed by atoms with Gasteiger partial charge in [-0.25, -0.2) is 19.4 Å². The Morgan fingerprint density at radius 1 is 1.24 bits per heavy atom. The molecule has 6 rings (SSSR count). The summed E-state index contributed by atoms with van der Waals surface area (Å²) in [7, 11) is 0. The Labute approximate surface area is 209 Å². The van der Waals surface area contributed by atoms with Crippen molar-refractivity contribution < 1.29 is 9.90 Å². The van der Waals surface area contributed by atoms with Gasteiger partial charge in [0.25, 0.3) is 0 Å². The Morgan fingerprint density at radius 2 is 2.00 bits per heavy atom. The minimum absolute atomic E-state index is 0.0557. The fourth-order valence-electron chi connectivity index (χ4n) is 5.67. The molecule has 3 atom stereocenters. The van der Waals surface area contributed by atoms with Gasteiger partial charge in [-0.2, -0.15) is 5.10 Å². The molecule has 11 heteroatoms. The summed E-state index contributed by atoms with van der Waals surface area (Å²) in [6.45, 7) is 6.03. The van der Waals surface area contributed by atoms with Gasteiger partial charge in [-0.1, -0.05) is 6.07 Å². The van der Waals surface area contributed by atoms with E-state index in [1.165, 1.54) is 17.6 Å². The quantitative estimate of drug-likeness (QED) is 0.361. The zero-order chi connectivity index (χ0) is 23.6. The van der Waals surface area contributed by atoms with Crippen LogP contribution in [0.2, 0.25) is 0 Å². The Kier molecular flexibility index (Phi) is 5.13. The van der Waals surface area contributed by atoms with Gasteiger partial charge in [0.1, 0.15) is 15.8 Å². The highest BCUT2D eigenvalue weighted by atomic mass is 127. The molecule has 0 bridgehead atoms. The van der Waals surface area contributed by atoms with Crippen LogP contribution in [0.3, 0.4) is 0 Å². The van der Waals surface area contributed by atoms with Crippen molar-refractivity contribution in [1.29, 1.82) is 0 Å². The smallest absolute Gasteiger partial charge is 0.407 e.